The van der Waals surface area contributed by atoms with E-state index in [2.05, 4.69) is 57.4 Å². The predicted molar refractivity (Wildman–Crippen MR) is 92.1 cm³/mol. The zero-order valence-electron chi connectivity index (χ0n) is 15.3. The molecule has 0 aromatic rings. The Morgan fingerprint density at radius 1 is 0.952 bits per heavy atom. The van der Waals surface area contributed by atoms with Crippen LogP contribution in [0.2, 0.25) is 0 Å². The minimum absolute atomic E-state index is 0.441. The lowest BCUT2D eigenvalue weighted by molar-refractivity contribution is -0.560. The molecule has 122 valence electrons. The van der Waals surface area contributed by atoms with Crippen molar-refractivity contribution in [3.8, 4) is 0 Å². The van der Waals surface area contributed by atoms with Crippen molar-refractivity contribution in [1.29, 1.82) is 0 Å². The summed E-state index contributed by atoms with van der Waals surface area (Å²) in [5.41, 5.74) is 0.883. The van der Waals surface area contributed by atoms with Gasteiger partial charge in [0.05, 0.1) is 13.1 Å². The molecule has 2 atom stereocenters. The molecule has 1 heterocycles. The van der Waals surface area contributed by atoms with Crippen LogP contribution in [0.3, 0.4) is 0 Å². The van der Waals surface area contributed by atoms with E-state index in [4.69, 9.17) is 0 Å². The minimum atomic E-state index is 0.441. The van der Waals surface area contributed by atoms with E-state index in [1.165, 1.54) is 51.6 Å². The van der Waals surface area contributed by atoms with Crippen molar-refractivity contribution in [2.75, 3.05) is 13.1 Å². The molecule has 1 fully saturated rings. The lowest BCUT2D eigenvalue weighted by atomic mass is 9.88. The van der Waals surface area contributed by atoms with Gasteiger partial charge in [0.25, 0.3) is 0 Å². The lowest BCUT2D eigenvalue weighted by Crippen LogP contribution is -2.42. The third kappa shape index (κ3) is 5.00. The van der Waals surface area contributed by atoms with Crippen molar-refractivity contribution in [3.63, 3.8) is 0 Å². The first-order valence-corrected chi connectivity index (χ1v) is 9.02. The standard InChI is InChI=1S/C19H37N2/c1-18(2,3)11-13-20-15-21(14-12-19(4,5)6)17-10-8-7-9-16(17)20/h15-17H,7-14H2,1-6H3/q+1/t16-,17-/m0/s1. The van der Waals surface area contributed by atoms with Crippen molar-refractivity contribution in [2.45, 2.75) is 92.2 Å². The summed E-state index contributed by atoms with van der Waals surface area (Å²) in [7, 11) is 0. The van der Waals surface area contributed by atoms with Gasteiger partial charge in [-0.3, -0.25) is 9.48 Å². The van der Waals surface area contributed by atoms with Gasteiger partial charge in [-0.15, -0.1) is 0 Å². The summed E-state index contributed by atoms with van der Waals surface area (Å²) in [5.74, 6) is 0. The summed E-state index contributed by atoms with van der Waals surface area (Å²) in [5, 5.41) is 0. The van der Waals surface area contributed by atoms with E-state index < -0.39 is 0 Å². The SMILES string of the molecule is CC(C)(C)CCN1C=[N+](CCC(C)(C)C)[C@H]2CCCC[C@@H]21. The molecular weight excluding hydrogens is 256 g/mol. The van der Waals surface area contributed by atoms with E-state index in [0.29, 0.717) is 10.8 Å². The molecule has 0 aromatic carbocycles. The van der Waals surface area contributed by atoms with E-state index in [1.54, 1.807) is 0 Å². The maximum Gasteiger partial charge on any atom is 0.234 e. The highest BCUT2D eigenvalue weighted by Crippen LogP contribution is 2.31. The summed E-state index contributed by atoms with van der Waals surface area (Å²) in [6.07, 6.45) is 10.7. The Morgan fingerprint density at radius 3 is 2.19 bits per heavy atom. The summed E-state index contributed by atoms with van der Waals surface area (Å²) in [4.78, 5) is 2.68. The molecule has 0 amide bonds. The third-order valence-corrected chi connectivity index (χ3v) is 5.08. The molecule has 1 saturated carbocycles. The van der Waals surface area contributed by atoms with Crippen molar-refractivity contribution in [3.05, 3.63) is 0 Å². The largest absolute Gasteiger partial charge is 0.261 e. The number of rotatable bonds is 4. The van der Waals surface area contributed by atoms with E-state index >= 15 is 0 Å². The highest BCUT2D eigenvalue weighted by atomic mass is 15.3. The average molecular weight is 294 g/mol. The molecule has 21 heavy (non-hydrogen) atoms. The third-order valence-electron chi connectivity index (χ3n) is 5.08. The van der Waals surface area contributed by atoms with Gasteiger partial charge >= 0.3 is 0 Å². The van der Waals surface area contributed by atoms with Gasteiger partial charge in [0.2, 0.25) is 6.34 Å². The van der Waals surface area contributed by atoms with Crippen LogP contribution in [0.15, 0.2) is 0 Å². The van der Waals surface area contributed by atoms with Crippen LogP contribution in [0.5, 0.6) is 0 Å². The molecule has 0 saturated heterocycles. The van der Waals surface area contributed by atoms with Gasteiger partial charge in [0.15, 0.2) is 0 Å². The molecule has 2 nitrogen and oxygen atoms in total. The Kier molecular flexibility index (Phi) is 5.05. The average Bonchev–Trinajstić information content (AvgIpc) is 2.71. The number of hydrogen-bond acceptors (Lipinski definition) is 1. The molecule has 1 aliphatic carbocycles. The van der Waals surface area contributed by atoms with Crippen LogP contribution < -0.4 is 0 Å². The Labute approximate surface area is 132 Å². The van der Waals surface area contributed by atoms with Crippen molar-refractivity contribution in [1.82, 2.24) is 4.90 Å². The van der Waals surface area contributed by atoms with Gasteiger partial charge in [0, 0.05) is 0 Å². The molecule has 2 rings (SSSR count). The highest BCUT2D eigenvalue weighted by Gasteiger charge is 2.43. The smallest absolute Gasteiger partial charge is 0.234 e. The highest BCUT2D eigenvalue weighted by molar-refractivity contribution is 5.52. The fourth-order valence-corrected chi connectivity index (χ4v) is 3.60. The first-order valence-electron chi connectivity index (χ1n) is 9.02. The van der Waals surface area contributed by atoms with E-state index in [0.717, 1.165) is 12.1 Å². The van der Waals surface area contributed by atoms with Crippen molar-refractivity contribution in [2.24, 2.45) is 10.8 Å². The monoisotopic (exact) mass is 293 g/mol. The molecule has 0 N–H and O–H groups in total. The fraction of sp³-hybridized carbons (Fsp3) is 0.947. The number of fused-ring (bicyclic) bond motifs is 1. The summed E-state index contributed by atoms with van der Waals surface area (Å²) < 4.78 is 2.68. The Morgan fingerprint density at radius 2 is 1.57 bits per heavy atom. The van der Waals surface area contributed by atoms with Crippen LogP contribution in [0.25, 0.3) is 0 Å². The molecule has 2 aliphatic rings. The quantitative estimate of drug-likeness (QED) is 0.690. The van der Waals surface area contributed by atoms with Crippen LogP contribution in [0.4, 0.5) is 0 Å². The van der Waals surface area contributed by atoms with Crippen molar-refractivity contribution < 1.29 is 4.58 Å². The normalized spacial score (nSPS) is 26.8. The zero-order valence-corrected chi connectivity index (χ0v) is 15.3. The maximum atomic E-state index is 2.68. The Bertz CT molecular complexity index is 370. The van der Waals surface area contributed by atoms with Gasteiger partial charge in [0.1, 0.15) is 12.1 Å². The maximum absolute atomic E-state index is 2.68. The van der Waals surface area contributed by atoms with Gasteiger partial charge in [-0.05, 0) is 49.4 Å². The van der Waals surface area contributed by atoms with Crippen LogP contribution in [0, 0.1) is 10.8 Å². The second-order valence-electron chi connectivity index (χ2n) is 9.63. The molecule has 0 bridgehead atoms. The second kappa shape index (κ2) is 6.30. The number of hydrogen-bond donors (Lipinski definition) is 0. The molecule has 0 aromatic heterocycles. The Hall–Kier alpha value is -0.530. The van der Waals surface area contributed by atoms with Gasteiger partial charge in [-0.25, -0.2) is 0 Å². The topological polar surface area (TPSA) is 6.25 Å². The minimum Gasteiger partial charge on any atom is -0.261 e. The van der Waals surface area contributed by atoms with Gasteiger partial charge in [-0.1, -0.05) is 41.5 Å². The summed E-state index contributed by atoms with van der Waals surface area (Å²) in [6, 6.07) is 1.59. The molecular formula is C19H37N2+. The van der Waals surface area contributed by atoms with Crippen LogP contribution in [-0.2, 0) is 0 Å². The molecule has 2 heteroatoms. The van der Waals surface area contributed by atoms with E-state index in [1.807, 2.05) is 0 Å². The van der Waals surface area contributed by atoms with Gasteiger partial charge < -0.3 is 0 Å². The van der Waals surface area contributed by atoms with E-state index in [-0.39, 0.29) is 0 Å². The molecule has 0 spiro atoms. The molecule has 0 unspecified atom stereocenters. The fourth-order valence-electron chi connectivity index (χ4n) is 3.60. The summed E-state index contributed by atoms with van der Waals surface area (Å²) >= 11 is 0. The van der Waals surface area contributed by atoms with Crippen LogP contribution in [0.1, 0.15) is 80.1 Å². The van der Waals surface area contributed by atoms with Gasteiger partial charge in [-0.2, -0.15) is 0 Å². The molecule has 1 aliphatic heterocycles. The van der Waals surface area contributed by atoms with Crippen LogP contribution in [-0.4, -0.2) is 41.0 Å². The van der Waals surface area contributed by atoms with Crippen LogP contribution >= 0.6 is 0 Å². The molecule has 0 radical (unpaired) electrons. The predicted octanol–water partition coefficient (Wildman–Crippen LogP) is 4.53. The first kappa shape index (κ1) is 16.8. The van der Waals surface area contributed by atoms with E-state index in [9.17, 15) is 0 Å². The second-order valence-corrected chi connectivity index (χ2v) is 9.63. The Balaban J connectivity index is 2.00. The number of nitrogens with zero attached hydrogens (tertiary/aromatic N) is 2. The zero-order chi connectivity index (χ0) is 15.7. The lowest BCUT2D eigenvalue weighted by Gasteiger charge is -2.29. The van der Waals surface area contributed by atoms with Crippen molar-refractivity contribution >= 4 is 6.34 Å². The summed E-state index contributed by atoms with van der Waals surface area (Å²) in [6.45, 7) is 16.6. The first-order chi connectivity index (χ1) is 9.66.